The number of benzene rings is 1. The predicted molar refractivity (Wildman–Crippen MR) is 64.9 cm³/mol. The lowest BCUT2D eigenvalue weighted by atomic mass is 10.0. The molecule has 1 unspecified atom stereocenters. The first-order chi connectivity index (χ1) is 7.99. The molecule has 0 aliphatic heterocycles. The van der Waals surface area contributed by atoms with Crippen molar-refractivity contribution in [1.82, 2.24) is 0 Å². The third kappa shape index (κ3) is 3.31. The fourth-order valence-corrected chi connectivity index (χ4v) is 1.99. The van der Waals surface area contributed by atoms with Crippen molar-refractivity contribution >= 4 is 29.2 Å². The third-order valence-corrected chi connectivity index (χ3v) is 2.82. The van der Waals surface area contributed by atoms with Gasteiger partial charge in [-0.1, -0.05) is 29.3 Å². The van der Waals surface area contributed by atoms with Crippen molar-refractivity contribution in [3.8, 4) is 0 Å². The van der Waals surface area contributed by atoms with Crippen LogP contribution in [0.5, 0.6) is 0 Å². The van der Waals surface area contributed by atoms with E-state index in [2.05, 4.69) is 4.74 Å². The van der Waals surface area contributed by atoms with Crippen LogP contribution < -0.4 is 5.73 Å². The lowest BCUT2D eigenvalue weighted by molar-refractivity contribution is -0.149. The number of rotatable bonds is 4. The van der Waals surface area contributed by atoms with Gasteiger partial charge in [-0.05, 0) is 19.1 Å². The van der Waals surface area contributed by atoms with Gasteiger partial charge in [-0.2, -0.15) is 0 Å². The Morgan fingerprint density at radius 3 is 2.47 bits per heavy atom. The lowest BCUT2D eigenvalue weighted by Gasteiger charge is -2.18. The van der Waals surface area contributed by atoms with Gasteiger partial charge in [-0.15, -0.1) is 0 Å². The van der Waals surface area contributed by atoms with Gasteiger partial charge in [0.2, 0.25) is 6.17 Å². The van der Waals surface area contributed by atoms with E-state index in [9.17, 15) is 9.18 Å². The standard InChI is InChI=1S/C11H12Cl2FNO2/c1-2-17-11(16)9(14)10(15)8-6(12)4-3-5-7(8)13/h3-5,9-10H,2,15H2,1H3/t9?,10-/m1/s1. The highest BCUT2D eigenvalue weighted by Crippen LogP contribution is 2.31. The van der Waals surface area contributed by atoms with Crippen LogP contribution >= 0.6 is 23.2 Å². The van der Waals surface area contributed by atoms with Gasteiger partial charge in [0.1, 0.15) is 0 Å². The fraction of sp³-hybridized carbons (Fsp3) is 0.364. The van der Waals surface area contributed by atoms with Gasteiger partial charge in [-0.25, -0.2) is 9.18 Å². The molecule has 0 saturated carbocycles. The van der Waals surface area contributed by atoms with Crippen molar-refractivity contribution in [2.75, 3.05) is 6.61 Å². The Morgan fingerprint density at radius 2 is 2.00 bits per heavy atom. The maximum atomic E-state index is 13.7. The number of carbonyl (C=O) groups excluding carboxylic acids is 1. The largest absolute Gasteiger partial charge is 0.464 e. The Kier molecular flexibility index (Phi) is 5.18. The first kappa shape index (κ1) is 14.2. The zero-order valence-corrected chi connectivity index (χ0v) is 10.6. The Hall–Kier alpha value is -0.840. The van der Waals surface area contributed by atoms with Gasteiger partial charge < -0.3 is 10.5 Å². The van der Waals surface area contributed by atoms with Crippen LogP contribution in [0, 0.1) is 0 Å². The molecule has 1 aromatic rings. The SMILES string of the molecule is CCOC(=O)C(F)[C@H](N)c1c(Cl)cccc1Cl. The molecule has 3 nitrogen and oxygen atoms in total. The molecule has 6 heteroatoms. The van der Waals surface area contributed by atoms with E-state index >= 15 is 0 Å². The molecular formula is C11H12Cl2FNO2. The monoisotopic (exact) mass is 279 g/mol. The van der Waals surface area contributed by atoms with Crippen LogP contribution in [-0.2, 0) is 9.53 Å². The molecule has 0 aliphatic rings. The number of ether oxygens (including phenoxy) is 1. The number of esters is 1. The number of halogens is 3. The van der Waals surface area contributed by atoms with Gasteiger partial charge in [-0.3, -0.25) is 0 Å². The maximum absolute atomic E-state index is 13.7. The van der Waals surface area contributed by atoms with Crippen LogP contribution in [0.1, 0.15) is 18.5 Å². The summed E-state index contributed by atoms with van der Waals surface area (Å²) in [4.78, 5) is 11.2. The van der Waals surface area contributed by atoms with E-state index in [1.54, 1.807) is 13.0 Å². The number of hydrogen-bond donors (Lipinski definition) is 1. The molecule has 0 amide bonds. The van der Waals surface area contributed by atoms with Gasteiger partial charge in [0.25, 0.3) is 0 Å². The van der Waals surface area contributed by atoms with Crippen molar-refractivity contribution in [2.45, 2.75) is 19.1 Å². The van der Waals surface area contributed by atoms with E-state index in [0.29, 0.717) is 0 Å². The highest BCUT2D eigenvalue weighted by molar-refractivity contribution is 6.36. The molecule has 0 heterocycles. The van der Waals surface area contributed by atoms with Crippen molar-refractivity contribution in [3.05, 3.63) is 33.8 Å². The fourth-order valence-electron chi connectivity index (χ4n) is 1.34. The number of hydrogen-bond acceptors (Lipinski definition) is 3. The van der Waals surface area contributed by atoms with E-state index in [1.807, 2.05) is 0 Å². The van der Waals surface area contributed by atoms with Crippen LogP contribution in [0.2, 0.25) is 10.0 Å². The summed E-state index contributed by atoms with van der Waals surface area (Å²) in [6.45, 7) is 1.67. The topological polar surface area (TPSA) is 52.3 Å². The molecule has 0 spiro atoms. The van der Waals surface area contributed by atoms with E-state index in [-0.39, 0.29) is 22.2 Å². The summed E-state index contributed by atoms with van der Waals surface area (Å²) in [6.07, 6.45) is -1.99. The van der Waals surface area contributed by atoms with Gasteiger partial charge in [0.05, 0.1) is 12.6 Å². The summed E-state index contributed by atoms with van der Waals surface area (Å²) in [5.74, 6) is -1.02. The molecule has 1 rings (SSSR count). The highest BCUT2D eigenvalue weighted by Gasteiger charge is 2.30. The summed E-state index contributed by atoms with van der Waals surface area (Å²) >= 11 is 11.7. The number of nitrogens with two attached hydrogens (primary N) is 1. The zero-order valence-electron chi connectivity index (χ0n) is 9.12. The van der Waals surface area contributed by atoms with Crippen LogP contribution in [0.15, 0.2) is 18.2 Å². The van der Waals surface area contributed by atoms with Gasteiger partial charge >= 0.3 is 5.97 Å². The molecule has 0 bridgehead atoms. The van der Waals surface area contributed by atoms with E-state index in [1.165, 1.54) is 12.1 Å². The second-order valence-electron chi connectivity index (χ2n) is 3.31. The Labute approximate surface area is 109 Å². The van der Waals surface area contributed by atoms with Gasteiger partial charge in [0, 0.05) is 15.6 Å². The Bertz CT molecular complexity index is 394. The quantitative estimate of drug-likeness (QED) is 0.863. The molecule has 2 N–H and O–H groups in total. The lowest BCUT2D eigenvalue weighted by Crippen LogP contribution is -2.32. The van der Waals surface area contributed by atoms with Crippen molar-refractivity contribution in [2.24, 2.45) is 5.73 Å². The van der Waals surface area contributed by atoms with Crippen molar-refractivity contribution < 1.29 is 13.9 Å². The summed E-state index contributed by atoms with van der Waals surface area (Å²) in [6, 6.07) is 3.43. The first-order valence-corrected chi connectivity index (χ1v) is 5.74. The van der Waals surface area contributed by atoms with Crippen LogP contribution in [0.25, 0.3) is 0 Å². The highest BCUT2D eigenvalue weighted by atomic mass is 35.5. The predicted octanol–water partition coefficient (Wildman–Crippen LogP) is 2.89. The van der Waals surface area contributed by atoms with E-state index in [0.717, 1.165) is 0 Å². The van der Waals surface area contributed by atoms with Crippen molar-refractivity contribution in [1.29, 1.82) is 0 Å². The summed E-state index contributed by atoms with van der Waals surface area (Å²) in [5.41, 5.74) is 5.83. The third-order valence-electron chi connectivity index (χ3n) is 2.16. The van der Waals surface area contributed by atoms with Crippen LogP contribution in [0.4, 0.5) is 4.39 Å². The average Bonchev–Trinajstić information content (AvgIpc) is 2.27. The molecule has 0 saturated heterocycles. The second-order valence-corrected chi connectivity index (χ2v) is 4.13. The normalized spacial score (nSPS) is 14.2. The second kappa shape index (κ2) is 6.19. The average molecular weight is 280 g/mol. The maximum Gasteiger partial charge on any atom is 0.342 e. The summed E-state index contributed by atoms with van der Waals surface area (Å²) in [7, 11) is 0. The minimum absolute atomic E-state index is 0.0855. The molecule has 2 atom stereocenters. The summed E-state index contributed by atoms with van der Waals surface area (Å²) < 4.78 is 18.3. The number of alkyl halides is 1. The van der Waals surface area contributed by atoms with E-state index in [4.69, 9.17) is 28.9 Å². The molecule has 1 aromatic carbocycles. The smallest absolute Gasteiger partial charge is 0.342 e. The molecule has 0 aliphatic carbocycles. The van der Waals surface area contributed by atoms with Crippen molar-refractivity contribution in [3.63, 3.8) is 0 Å². The zero-order chi connectivity index (χ0) is 13.0. The minimum atomic E-state index is -1.99. The Morgan fingerprint density at radius 1 is 1.47 bits per heavy atom. The first-order valence-electron chi connectivity index (χ1n) is 4.99. The minimum Gasteiger partial charge on any atom is -0.464 e. The van der Waals surface area contributed by atoms with Gasteiger partial charge in [0.15, 0.2) is 0 Å². The molecule has 0 aromatic heterocycles. The Balaban J connectivity index is 2.96. The molecule has 0 fully saturated rings. The van der Waals surface area contributed by atoms with Crippen LogP contribution in [-0.4, -0.2) is 18.7 Å². The molecule has 17 heavy (non-hydrogen) atoms. The molecule has 94 valence electrons. The number of carbonyl (C=O) groups is 1. The molecule has 0 radical (unpaired) electrons. The molecular weight excluding hydrogens is 268 g/mol. The van der Waals surface area contributed by atoms with E-state index < -0.39 is 18.2 Å². The van der Waals surface area contributed by atoms with Crippen LogP contribution in [0.3, 0.4) is 0 Å². The summed E-state index contributed by atoms with van der Waals surface area (Å²) in [5, 5.41) is 0.439.